The Balaban J connectivity index is 0.000000777. The molecule has 12 aromatic rings. The first kappa shape index (κ1) is 123. The molecule has 0 saturated heterocycles. The Labute approximate surface area is 858 Å². The number of benzene rings is 8. The average molecular weight is 2520 g/mol. The molecule has 0 aliphatic heterocycles. The van der Waals surface area contributed by atoms with Crippen LogP contribution in [0.5, 0.6) is 0 Å². The summed E-state index contributed by atoms with van der Waals surface area (Å²) >= 11 is 0. The Morgan fingerprint density at radius 3 is 0.791 bits per heavy atom. The normalized spacial score (nSPS) is 11.3. The molecule has 4 aromatic heterocycles. The average Bonchev–Trinajstić information content (AvgIpc) is 0.816. The number of carbonyl (C=O) groups is 4. The third-order valence-corrected chi connectivity index (χ3v) is 21.7. The van der Waals surface area contributed by atoms with Gasteiger partial charge in [-0.1, -0.05) is 267 Å². The Bertz CT molecular complexity index is 5250. The number of aromatic nitrogens is 4. The molecule has 12 rings (SSSR count). The number of carbonyl (C=O) groups excluding carboxylic acids is 4. The molecular weight excluding hydrogens is 2370 g/mol. The molecular formula is C118H148Ir4N4O8-4. The number of aliphatic hydroxyl groups excluding tert-OH is 4. The van der Waals surface area contributed by atoms with Crippen molar-refractivity contribution in [1.82, 2.24) is 19.9 Å². The van der Waals surface area contributed by atoms with Gasteiger partial charge in [-0.15, -0.1) is 140 Å². The van der Waals surface area contributed by atoms with E-state index >= 15 is 0 Å². The number of nitrogens with zero attached hydrogens (tertiary/aromatic N) is 4. The molecule has 12 nitrogen and oxygen atoms in total. The van der Waals surface area contributed by atoms with Crippen molar-refractivity contribution < 1.29 is 120 Å². The van der Waals surface area contributed by atoms with Gasteiger partial charge >= 0.3 is 0 Å². The van der Waals surface area contributed by atoms with Crippen LogP contribution in [0.2, 0.25) is 0 Å². The van der Waals surface area contributed by atoms with Crippen LogP contribution in [0.15, 0.2) is 217 Å². The van der Waals surface area contributed by atoms with E-state index in [0.717, 1.165) is 115 Å². The van der Waals surface area contributed by atoms with Gasteiger partial charge in [0.15, 0.2) is 23.1 Å². The van der Waals surface area contributed by atoms with E-state index in [1.807, 2.05) is 83.1 Å². The van der Waals surface area contributed by atoms with Crippen molar-refractivity contribution in [3.63, 3.8) is 0 Å². The second-order valence-electron chi connectivity index (χ2n) is 37.2. The van der Waals surface area contributed by atoms with Gasteiger partial charge in [-0.05, 0) is 190 Å². The quantitative estimate of drug-likeness (QED) is 0.0254. The first-order valence-corrected chi connectivity index (χ1v) is 46.6. The molecule has 0 aliphatic rings. The van der Waals surface area contributed by atoms with Gasteiger partial charge in [0.05, 0.1) is 45.1 Å². The predicted molar refractivity (Wildman–Crippen MR) is 549 cm³/mol. The van der Waals surface area contributed by atoms with Crippen LogP contribution in [0, 0.1) is 115 Å². The standard InChI is InChI=1S/4C20H20N.C13H24O2.C11H20O2.C9H16O2.C5H8O2.4Ir/c4*1-13(2)16-5-7-19-17(12-16)6-8-20(21-19)18-10-14(3)9-15(4)11-18;1-5-10(6-2)12(14)9-13(15)11(7-3)8-4;1-8(2)5-10(12)7-11(13)6-9(3)4;1-6(2)8(10)5-9(11)7(3)4;1-4(6)3-5(2)7;;;;/h4*5-10,12-13H,1-4H3;9-11,14H,5-8H2,1-4H3;7-9,12H,5-6H2,1-4H3;5-7,10H,1-4H3;3,6H,1-2H3;;;;/q4*-1;;;;;;;;. The molecule has 728 valence electrons. The summed E-state index contributed by atoms with van der Waals surface area (Å²) in [4.78, 5) is 63.2. The van der Waals surface area contributed by atoms with Crippen molar-refractivity contribution in [3.05, 3.63) is 308 Å². The minimum Gasteiger partial charge on any atom is -0.512 e. The molecule has 0 spiro atoms. The van der Waals surface area contributed by atoms with Gasteiger partial charge in [0, 0.05) is 141 Å². The van der Waals surface area contributed by atoms with Crippen molar-refractivity contribution in [2.24, 2.45) is 35.5 Å². The molecule has 4 N–H and O–H groups in total. The van der Waals surface area contributed by atoms with E-state index in [-0.39, 0.29) is 150 Å². The summed E-state index contributed by atoms with van der Waals surface area (Å²) in [5, 5.41) is 41.5. The Morgan fingerprint density at radius 2 is 0.582 bits per heavy atom. The molecule has 0 amide bonds. The first-order valence-electron chi connectivity index (χ1n) is 46.6. The summed E-state index contributed by atoms with van der Waals surface area (Å²) in [5.74, 6) is 3.80. The maximum absolute atomic E-state index is 11.7. The summed E-state index contributed by atoms with van der Waals surface area (Å²) in [6.45, 7) is 60.7. The molecule has 0 unspecified atom stereocenters. The van der Waals surface area contributed by atoms with Crippen LogP contribution in [-0.2, 0) is 99.6 Å². The third-order valence-electron chi connectivity index (χ3n) is 21.7. The van der Waals surface area contributed by atoms with E-state index in [1.165, 1.54) is 104 Å². The smallest absolute Gasteiger partial charge is 0.162 e. The van der Waals surface area contributed by atoms with Crippen LogP contribution >= 0.6 is 0 Å². The van der Waals surface area contributed by atoms with Crippen molar-refractivity contribution in [1.29, 1.82) is 0 Å². The van der Waals surface area contributed by atoms with E-state index in [0.29, 0.717) is 48.3 Å². The summed E-state index contributed by atoms with van der Waals surface area (Å²) < 4.78 is 0. The van der Waals surface area contributed by atoms with Crippen LogP contribution in [0.4, 0.5) is 0 Å². The van der Waals surface area contributed by atoms with Gasteiger partial charge in [-0.2, -0.15) is 0 Å². The van der Waals surface area contributed by atoms with E-state index in [9.17, 15) is 34.5 Å². The molecule has 0 aliphatic carbocycles. The van der Waals surface area contributed by atoms with Crippen molar-refractivity contribution in [3.8, 4) is 45.0 Å². The minimum absolute atomic E-state index is 0. The SMILES string of the molecule is CC(=O)C=C(C)O.CC(C)C(=O)C=C(O)C(C)C.CC(C)CC(=O)C=C(O)CC(C)C.CCC(CC)C(=O)C=C(O)C(CC)CC.Cc1[c-]c(-c2ccc3cc(C(C)C)ccc3n2)cc(C)c1.Cc1[c-]c(-c2ccc3cc(C(C)C)ccc3n2)cc(C)c1.Cc1[c-]c(-c2ccc3cc(C(C)C)ccc3n2)cc(C)c1.Cc1[c-]c(-c2ccc3cc(C(C)C)ccc3n2)cc(C)c1.[Ir].[Ir].[Ir].[Ir]. The topological polar surface area (TPSA) is 201 Å². The molecule has 0 atom stereocenters. The summed E-state index contributed by atoms with van der Waals surface area (Å²) in [6, 6.07) is 73.9. The fraction of sp³-hybridized carbons (Fsp3) is 0.390. The molecule has 8 aromatic carbocycles. The van der Waals surface area contributed by atoms with E-state index < -0.39 is 0 Å². The van der Waals surface area contributed by atoms with Gasteiger partial charge in [0.2, 0.25) is 0 Å². The van der Waals surface area contributed by atoms with Gasteiger partial charge in [0.25, 0.3) is 0 Å². The summed E-state index contributed by atoms with van der Waals surface area (Å²) in [7, 11) is 0. The van der Waals surface area contributed by atoms with Crippen molar-refractivity contribution >= 4 is 66.7 Å². The largest absolute Gasteiger partial charge is 0.512 e. The van der Waals surface area contributed by atoms with Gasteiger partial charge in [0.1, 0.15) is 0 Å². The number of hydrogen-bond donors (Lipinski definition) is 4. The summed E-state index contributed by atoms with van der Waals surface area (Å²) in [6.07, 6.45) is 9.85. The monoisotopic (exact) mass is 2520 g/mol. The summed E-state index contributed by atoms with van der Waals surface area (Å²) in [5.41, 5.74) is 27.5. The van der Waals surface area contributed by atoms with Crippen LogP contribution in [0.1, 0.15) is 281 Å². The maximum atomic E-state index is 11.7. The van der Waals surface area contributed by atoms with Crippen LogP contribution in [-0.4, -0.2) is 63.5 Å². The van der Waals surface area contributed by atoms with E-state index in [2.05, 4.69) is 305 Å². The first-order chi connectivity index (χ1) is 61.2. The molecule has 4 radical (unpaired) electrons. The molecule has 0 saturated carbocycles. The van der Waals surface area contributed by atoms with E-state index in [4.69, 9.17) is 25.0 Å². The third kappa shape index (κ3) is 42.6. The Morgan fingerprint density at radius 1 is 0.313 bits per heavy atom. The number of aliphatic hydroxyl groups is 4. The number of allylic oxidation sites excluding steroid dienone is 8. The molecule has 4 heterocycles. The second kappa shape index (κ2) is 61.1. The molecule has 0 fully saturated rings. The van der Waals surface area contributed by atoms with Crippen LogP contribution in [0.25, 0.3) is 88.6 Å². The number of fused-ring (bicyclic) bond motifs is 4. The predicted octanol–water partition coefficient (Wildman–Crippen LogP) is 32.1. The maximum Gasteiger partial charge on any atom is 0.162 e. The van der Waals surface area contributed by atoms with E-state index in [1.54, 1.807) is 0 Å². The minimum atomic E-state index is -0.125. The van der Waals surface area contributed by atoms with Crippen LogP contribution < -0.4 is 0 Å². The Hall–Kier alpha value is -9.16. The van der Waals surface area contributed by atoms with Crippen molar-refractivity contribution in [2.75, 3.05) is 0 Å². The van der Waals surface area contributed by atoms with Gasteiger partial charge < -0.3 is 20.4 Å². The van der Waals surface area contributed by atoms with Gasteiger partial charge in [-0.3, -0.25) is 39.1 Å². The number of pyridine rings is 4. The van der Waals surface area contributed by atoms with Gasteiger partial charge in [-0.25, -0.2) is 0 Å². The fourth-order valence-corrected chi connectivity index (χ4v) is 14.4. The number of ketones is 4. The molecule has 0 bridgehead atoms. The zero-order valence-electron chi connectivity index (χ0n) is 85.0. The second-order valence-corrected chi connectivity index (χ2v) is 37.2. The zero-order chi connectivity index (χ0) is 97.1. The van der Waals surface area contributed by atoms with Crippen molar-refractivity contribution in [2.45, 2.75) is 270 Å². The Kier molecular flexibility index (Phi) is 56.0. The molecule has 134 heavy (non-hydrogen) atoms. The fourth-order valence-electron chi connectivity index (χ4n) is 14.4. The number of hydrogen-bond acceptors (Lipinski definition) is 12. The molecule has 16 heteroatoms. The number of aryl methyl sites for hydroxylation is 8. The number of rotatable bonds is 24. The zero-order valence-corrected chi connectivity index (χ0v) is 94.6. The van der Waals surface area contributed by atoms with Crippen LogP contribution in [0.3, 0.4) is 0 Å².